The fourth-order valence-corrected chi connectivity index (χ4v) is 2.12. The summed E-state index contributed by atoms with van der Waals surface area (Å²) in [5.41, 5.74) is 2.59. The molecule has 0 atom stereocenters. The van der Waals surface area contributed by atoms with Gasteiger partial charge in [-0.1, -0.05) is 23.8 Å². The third-order valence-electron chi connectivity index (χ3n) is 3.30. The SMILES string of the molecule is Cc1ccc(NC(=O)NC(=O)COC(=O)c2cccc(O)c2)c(C)c1. The molecule has 0 spiro atoms. The number of aromatic hydroxyl groups is 1. The lowest BCUT2D eigenvalue weighted by atomic mass is 10.1. The van der Waals surface area contributed by atoms with Crippen LogP contribution in [0.25, 0.3) is 0 Å². The molecule has 0 saturated carbocycles. The maximum atomic E-state index is 11.8. The summed E-state index contributed by atoms with van der Waals surface area (Å²) in [6.07, 6.45) is 0. The zero-order valence-electron chi connectivity index (χ0n) is 13.8. The second kappa shape index (κ2) is 7.96. The summed E-state index contributed by atoms with van der Waals surface area (Å²) >= 11 is 0. The van der Waals surface area contributed by atoms with Crippen molar-refractivity contribution in [2.75, 3.05) is 11.9 Å². The normalized spacial score (nSPS) is 10.0. The van der Waals surface area contributed by atoms with Gasteiger partial charge in [0.1, 0.15) is 5.75 Å². The van der Waals surface area contributed by atoms with Gasteiger partial charge in [0.25, 0.3) is 5.91 Å². The largest absolute Gasteiger partial charge is 0.508 e. The van der Waals surface area contributed by atoms with Gasteiger partial charge < -0.3 is 15.2 Å². The van der Waals surface area contributed by atoms with Crippen molar-refractivity contribution in [3.05, 3.63) is 59.2 Å². The molecule has 0 radical (unpaired) electrons. The molecule has 25 heavy (non-hydrogen) atoms. The minimum atomic E-state index is -0.777. The number of esters is 1. The average Bonchev–Trinajstić information content (AvgIpc) is 2.55. The molecule has 3 amide bonds. The third-order valence-corrected chi connectivity index (χ3v) is 3.30. The number of phenolic OH excluding ortho intramolecular Hbond substituents is 1. The summed E-state index contributed by atoms with van der Waals surface area (Å²) in [5.74, 6) is -1.64. The number of urea groups is 1. The van der Waals surface area contributed by atoms with Crippen LogP contribution >= 0.6 is 0 Å². The molecule has 7 heteroatoms. The number of phenols is 1. The van der Waals surface area contributed by atoms with Gasteiger partial charge in [-0.3, -0.25) is 10.1 Å². The zero-order valence-corrected chi connectivity index (χ0v) is 13.8. The van der Waals surface area contributed by atoms with Crippen molar-refractivity contribution in [2.45, 2.75) is 13.8 Å². The van der Waals surface area contributed by atoms with Gasteiger partial charge in [-0.05, 0) is 43.7 Å². The first-order chi connectivity index (χ1) is 11.8. The number of ether oxygens (including phenoxy) is 1. The van der Waals surface area contributed by atoms with Crippen LogP contribution in [0.15, 0.2) is 42.5 Å². The molecule has 0 aliphatic carbocycles. The standard InChI is InChI=1S/C18H18N2O5/c1-11-6-7-15(12(2)8-11)19-18(24)20-16(22)10-25-17(23)13-4-3-5-14(21)9-13/h3-9,21H,10H2,1-2H3,(H2,19,20,22,24). The van der Waals surface area contributed by atoms with Crippen molar-refractivity contribution in [3.8, 4) is 5.75 Å². The Bertz CT molecular complexity index is 817. The van der Waals surface area contributed by atoms with Crippen LogP contribution in [0.2, 0.25) is 0 Å². The van der Waals surface area contributed by atoms with Gasteiger partial charge in [-0.2, -0.15) is 0 Å². The number of hydrogen-bond donors (Lipinski definition) is 3. The molecule has 0 fully saturated rings. The molecule has 0 aliphatic rings. The highest BCUT2D eigenvalue weighted by molar-refractivity contribution is 6.02. The minimum absolute atomic E-state index is 0.0910. The van der Waals surface area contributed by atoms with E-state index >= 15 is 0 Å². The summed E-state index contributed by atoms with van der Waals surface area (Å²) in [5, 5.41) is 13.9. The predicted molar refractivity (Wildman–Crippen MR) is 91.5 cm³/mol. The predicted octanol–water partition coefficient (Wildman–Crippen LogP) is 2.51. The van der Waals surface area contributed by atoms with Crippen molar-refractivity contribution in [1.29, 1.82) is 0 Å². The lowest BCUT2D eigenvalue weighted by Gasteiger charge is -2.10. The molecule has 0 bridgehead atoms. The molecule has 2 aromatic rings. The highest BCUT2D eigenvalue weighted by Gasteiger charge is 2.13. The maximum Gasteiger partial charge on any atom is 0.338 e. The van der Waals surface area contributed by atoms with Crippen LogP contribution in [-0.2, 0) is 9.53 Å². The zero-order chi connectivity index (χ0) is 18.4. The van der Waals surface area contributed by atoms with Gasteiger partial charge in [0, 0.05) is 5.69 Å². The van der Waals surface area contributed by atoms with E-state index < -0.39 is 24.5 Å². The third kappa shape index (κ3) is 5.35. The van der Waals surface area contributed by atoms with E-state index in [-0.39, 0.29) is 11.3 Å². The monoisotopic (exact) mass is 342 g/mol. The van der Waals surface area contributed by atoms with Crippen molar-refractivity contribution in [1.82, 2.24) is 5.32 Å². The second-order valence-corrected chi connectivity index (χ2v) is 5.45. The van der Waals surface area contributed by atoms with Gasteiger partial charge in [0.15, 0.2) is 6.61 Å². The fraction of sp³-hybridized carbons (Fsp3) is 0.167. The Balaban J connectivity index is 1.83. The lowest BCUT2D eigenvalue weighted by molar-refractivity contribution is -0.123. The molecule has 0 saturated heterocycles. The van der Waals surface area contributed by atoms with Crippen molar-refractivity contribution in [3.63, 3.8) is 0 Å². The maximum absolute atomic E-state index is 11.8. The summed E-state index contributed by atoms with van der Waals surface area (Å²) in [4.78, 5) is 35.2. The molecule has 130 valence electrons. The average molecular weight is 342 g/mol. The molecule has 0 heterocycles. The Kier molecular flexibility index (Phi) is 5.73. The van der Waals surface area contributed by atoms with Gasteiger partial charge >= 0.3 is 12.0 Å². The highest BCUT2D eigenvalue weighted by atomic mass is 16.5. The second-order valence-electron chi connectivity index (χ2n) is 5.45. The summed E-state index contributed by atoms with van der Waals surface area (Å²) < 4.78 is 4.79. The quantitative estimate of drug-likeness (QED) is 0.741. The number of amides is 3. The first kappa shape index (κ1) is 18.0. The van der Waals surface area contributed by atoms with Gasteiger partial charge in [-0.25, -0.2) is 9.59 Å². The Morgan fingerprint density at radius 2 is 1.84 bits per heavy atom. The van der Waals surface area contributed by atoms with Crippen LogP contribution in [0.5, 0.6) is 5.75 Å². The van der Waals surface area contributed by atoms with E-state index in [1.807, 2.05) is 26.0 Å². The Labute approximate surface area is 144 Å². The van der Waals surface area contributed by atoms with Crippen molar-refractivity contribution < 1.29 is 24.2 Å². The number of imide groups is 1. The summed E-state index contributed by atoms with van der Waals surface area (Å²) in [6, 6.07) is 10.3. The molecular formula is C18H18N2O5. The Hall–Kier alpha value is -3.35. The van der Waals surface area contributed by atoms with E-state index in [2.05, 4.69) is 10.6 Å². The number of rotatable bonds is 4. The van der Waals surface area contributed by atoms with Crippen molar-refractivity contribution >= 4 is 23.6 Å². The summed E-state index contributed by atoms with van der Waals surface area (Å²) in [6.45, 7) is 3.15. The smallest absolute Gasteiger partial charge is 0.338 e. The van der Waals surface area contributed by atoms with Crippen LogP contribution in [0, 0.1) is 13.8 Å². The van der Waals surface area contributed by atoms with Crippen LogP contribution in [0.4, 0.5) is 10.5 Å². The van der Waals surface area contributed by atoms with Gasteiger partial charge in [0.05, 0.1) is 5.56 Å². The number of aryl methyl sites for hydroxylation is 2. The number of hydrogen-bond acceptors (Lipinski definition) is 5. The Morgan fingerprint density at radius 1 is 1.08 bits per heavy atom. The van der Waals surface area contributed by atoms with E-state index in [0.717, 1.165) is 11.1 Å². The van der Waals surface area contributed by atoms with E-state index in [1.54, 1.807) is 6.07 Å². The first-order valence-electron chi connectivity index (χ1n) is 7.49. The van der Waals surface area contributed by atoms with Crippen LogP contribution in [0.1, 0.15) is 21.5 Å². The highest BCUT2D eigenvalue weighted by Crippen LogP contribution is 2.15. The molecule has 3 N–H and O–H groups in total. The topological polar surface area (TPSA) is 105 Å². The molecule has 0 aromatic heterocycles. The molecule has 2 aromatic carbocycles. The van der Waals surface area contributed by atoms with E-state index in [1.165, 1.54) is 24.3 Å². The van der Waals surface area contributed by atoms with Gasteiger partial charge in [0.2, 0.25) is 0 Å². The fourth-order valence-electron chi connectivity index (χ4n) is 2.12. The van der Waals surface area contributed by atoms with E-state index in [4.69, 9.17) is 4.74 Å². The lowest BCUT2D eigenvalue weighted by Crippen LogP contribution is -2.37. The van der Waals surface area contributed by atoms with Crippen LogP contribution in [0.3, 0.4) is 0 Å². The number of carbonyl (C=O) groups excluding carboxylic acids is 3. The minimum Gasteiger partial charge on any atom is -0.508 e. The molecule has 0 aliphatic heterocycles. The molecule has 2 rings (SSSR count). The Morgan fingerprint density at radius 3 is 2.52 bits per heavy atom. The first-order valence-corrected chi connectivity index (χ1v) is 7.49. The van der Waals surface area contributed by atoms with Crippen LogP contribution < -0.4 is 10.6 Å². The van der Waals surface area contributed by atoms with Crippen LogP contribution in [-0.4, -0.2) is 29.6 Å². The molecule has 7 nitrogen and oxygen atoms in total. The molecule has 0 unspecified atom stereocenters. The summed E-state index contributed by atoms with van der Waals surface area (Å²) in [7, 11) is 0. The van der Waals surface area contributed by atoms with Crippen molar-refractivity contribution in [2.24, 2.45) is 0 Å². The number of benzene rings is 2. The van der Waals surface area contributed by atoms with E-state index in [0.29, 0.717) is 5.69 Å². The number of carbonyl (C=O) groups is 3. The number of anilines is 1. The van der Waals surface area contributed by atoms with E-state index in [9.17, 15) is 19.5 Å². The van der Waals surface area contributed by atoms with Gasteiger partial charge in [-0.15, -0.1) is 0 Å². The molecular weight excluding hydrogens is 324 g/mol. The number of nitrogens with one attached hydrogen (secondary N) is 2.